The maximum atomic E-state index is 12.5. The van der Waals surface area contributed by atoms with Gasteiger partial charge in [-0.15, -0.1) is 0 Å². The van der Waals surface area contributed by atoms with Crippen molar-refractivity contribution in [3.05, 3.63) is 53.7 Å². The van der Waals surface area contributed by atoms with Crippen LogP contribution in [0.15, 0.2) is 36.7 Å². The number of imidazole rings is 1. The molecule has 1 aliphatic heterocycles. The maximum absolute atomic E-state index is 12.5. The number of ketones is 1. The molecule has 9 heteroatoms. The topological polar surface area (TPSA) is 96.7 Å². The first-order valence-corrected chi connectivity index (χ1v) is 12.0. The van der Waals surface area contributed by atoms with Crippen molar-refractivity contribution in [2.75, 3.05) is 43.5 Å². The van der Waals surface area contributed by atoms with Crippen molar-refractivity contribution in [2.24, 2.45) is 0 Å². The minimum absolute atomic E-state index is 0.107. The lowest BCUT2D eigenvalue weighted by molar-refractivity contribution is 0.101. The van der Waals surface area contributed by atoms with E-state index >= 15 is 0 Å². The summed E-state index contributed by atoms with van der Waals surface area (Å²) in [7, 11) is 1.56. The molecule has 4 heterocycles. The molecule has 35 heavy (non-hydrogen) atoms. The summed E-state index contributed by atoms with van der Waals surface area (Å²) in [6, 6.07) is 8.46. The van der Waals surface area contributed by atoms with Crippen LogP contribution in [0.25, 0.3) is 16.7 Å². The minimum Gasteiger partial charge on any atom is -0.495 e. The van der Waals surface area contributed by atoms with Gasteiger partial charge in [-0.05, 0) is 37.1 Å². The van der Waals surface area contributed by atoms with E-state index in [0.29, 0.717) is 40.4 Å². The molecule has 0 unspecified atom stereocenters. The van der Waals surface area contributed by atoms with Crippen molar-refractivity contribution in [1.29, 1.82) is 0 Å². The van der Waals surface area contributed by atoms with E-state index in [1.54, 1.807) is 13.3 Å². The van der Waals surface area contributed by atoms with Crippen LogP contribution in [0.2, 0.25) is 0 Å². The summed E-state index contributed by atoms with van der Waals surface area (Å²) in [6.07, 6.45) is 3.68. The van der Waals surface area contributed by atoms with E-state index in [-0.39, 0.29) is 11.7 Å². The third kappa shape index (κ3) is 4.39. The number of hydrogen-bond acceptors (Lipinski definition) is 8. The number of piperazine rings is 1. The first-order chi connectivity index (χ1) is 17.0. The van der Waals surface area contributed by atoms with Crippen LogP contribution in [0.4, 0.5) is 11.4 Å². The number of nitrogens with zero attached hydrogens (tertiary/aromatic N) is 5. The number of pyridine rings is 1. The van der Waals surface area contributed by atoms with Gasteiger partial charge in [0.15, 0.2) is 17.1 Å². The van der Waals surface area contributed by atoms with Crippen molar-refractivity contribution in [3.63, 3.8) is 0 Å². The van der Waals surface area contributed by atoms with Gasteiger partial charge in [0.2, 0.25) is 0 Å². The summed E-state index contributed by atoms with van der Waals surface area (Å²) in [5, 5.41) is 7.48. The van der Waals surface area contributed by atoms with E-state index in [9.17, 15) is 4.79 Å². The number of fused-ring (bicyclic) bond motifs is 3. The smallest absolute Gasteiger partial charge is 0.167 e. The van der Waals surface area contributed by atoms with Gasteiger partial charge in [0.05, 0.1) is 24.7 Å². The third-order valence-electron chi connectivity index (χ3n) is 6.41. The fraction of sp³-hybridized carbons (Fsp3) is 0.385. The number of nitrogens with one attached hydrogen (secondary N) is 2. The van der Waals surface area contributed by atoms with Crippen LogP contribution in [-0.4, -0.2) is 58.4 Å². The molecule has 182 valence electrons. The monoisotopic (exact) mass is 473 g/mol. The number of ether oxygens (including phenoxy) is 1. The zero-order valence-corrected chi connectivity index (χ0v) is 20.6. The Kier molecular flexibility index (Phi) is 6.25. The predicted octanol–water partition coefficient (Wildman–Crippen LogP) is 3.63. The third-order valence-corrected chi connectivity index (χ3v) is 6.41. The molecule has 1 fully saturated rings. The lowest BCUT2D eigenvalue weighted by Gasteiger charge is -2.29. The van der Waals surface area contributed by atoms with E-state index < -0.39 is 0 Å². The van der Waals surface area contributed by atoms with Gasteiger partial charge in [0, 0.05) is 49.9 Å². The lowest BCUT2D eigenvalue weighted by atomic mass is 10.1. The SMILES string of the molecule is COc1c(C(C)=O)c2nc(C(C)C)cn2c2nc(CNc3ccc(N4CCNCC4)cc3)ncc12. The molecule has 5 rings (SSSR count). The molecule has 0 bridgehead atoms. The summed E-state index contributed by atoms with van der Waals surface area (Å²) in [5.41, 5.74) is 4.81. The second kappa shape index (κ2) is 9.50. The van der Waals surface area contributed by atoms with Crippen LogP contribution < -0.4 is 20.3 Å². The number of carbonyl (C=O) groups excluding carboxylic acids is 1. The first-order valence-electron chi connectivity index (χ1n) is 12.0. The van der Waals surface area contributed by atoms with E-state index in [1.165, 1.54) is 12.6 Å². The lowest BCUT2D eigenvalue weighted by Crippen LogP contribution is -2.43. The Morgan fingerprint density at radius 1 is 1.14 bits per heavy atom. The highest BCUT2D eigenvalue weighted by atomic mass is 16.5. The molecular weight excluding hydrogens is 442 g/mol. The first kappa shape index (κ1) is 23.0. The Morgan fingerprint density at radius 2 is 1.89 bits per heavy atom. The van der Waals surface area contributed by atoms with Gasteiger partial charge in [-0.1, -0.05) is 13.8 Å². The van der Waals surface area contributed by atoms with Crippen molar-refractivity contribution in [2.45, 2.75) is 33.2 Å². The van der Waals surface area contributed by atoms with Gasteiger partial charge in [0.1, 0.15) is 17.1 Å². The van der Waals surface area contributed by atoms with Gasteiger partial charge in [-0.2, -0.15) is 0 Å². The Labute approximate surface area is 204 Å². The molecule has 1 saturated heterocycles. The molecule has 1 aliphatic rings. The number of anilines is 2. The van der Waals surface area contributed by atoms with Gasteiger partial charge >= 0.3 is 0 Å². The minimum atomic E-state index is -0.107. The molecule has 9 nitrogen and oxygen atoms in total. The fourth-order valence-corrected chi connectivity index (χ4v) is 4.51. The Morgan fingerprint density at radius 3 is 2.54 bits per heavy atom. The molecular formula is C26H31N7O2. The highest BCUT2D eigenvalue weighted by Crippen LogP contribution is 2.33. The average Bonchev–Trinajstić information content (AvgIpc) is 3.33. The fourth-order valence-electron chi connectivity index (χ4n) is 4.51. The van der Waals surface area contributed by atoms with Crippen molar-refractivity contribution in [1.82, 2.24) is 24.7 Å². The van der Waals surface area contributed by atoms with Crippen LogP contribution in [0.3, 0.4) is 0 Å². The second-order valence-electron chi connectivity index (χ2n) is 9.14. The molecule has 4 aromatic rings. The molecule has 0 radical (unpaired) electrons. The maximum Gasteiger partial charge on any atom is 0.167 e. The number of rotatable bonds is 7. The average molecular weight is 474 g/mol. The summed E-state index contributed by atoms with van der Waals surface area (Å²) >= 11 is 0. The molecule has 2 N–H and O–H groups in total. The summed E-state index contributed by atoms with van der Waals surface area (Å²) in [4.78, 5) is 29.0. The summed E-state index contributed by atoms with van der Waals surface area (Å²) < 4.78 is 7.54. The number of carbonyl (C=O) groups is 1. The molecule has 0 spiro atoms. The molecule has 0 saturated carbocycles. The van der Waals surface area contributed by atoms with Gasteiger partial charge < -0.3 is 20.3 Å². The number of benzene rings is 1. The Balaban J connectivity index is 1.46. The number of hydrogen-bond donors (Lipinski definition) is 2. The normalized spacial score (nSPS) is 14.1. The van der Waals surface area contributed by atoms with Crippen molar-refractivity contribution in [3.8, 4) is 5.75 Å². The molecule has 0 atom stereocenters. The van der Waals surface area contributed by atoms with E-state index in [4.69, 9.17) is 14.7 Å². The zero-order chi connectivity index (χ0) is 24.5. The molecule has 3 aromatic heterocycles. The standard InChI is InChI=1S/C26H31N7O2/c1-16(2)21-15-33-25-20(24(35-4)23(17(3)34)26(33)30-21)13-29-22(31-25)14-28-18-5-7-19(8-6-18)32-11-9-27-10-12-32/h5-8,13,15-16,27-28H,9-12,14H2,1-4H3. The van der Waals surface area contributed by atoms with Crippen molar-refractivity contribution < 1.29 is 9.53 Å². The van der Waals surface area contributed by atoms with Crippen LogP contribution in [0.1, 0.15) is 48.6 Å². The van der Waals surface area contributed by atoms with Crippen LogP contribution in [0.5, 0.6) is 5.75 Å². The van der Waals surface area contributed by atoms with E-state index in [1.807, 2.05) is 10.6 Å². The van der Waals surface area contributed by atoms with Crippen LogP contribution in [-0.2, 0) is 6.54 Å². The molecule has 1 aromatic carbocycles. The summed E-state index contributed by atoms with van der Waals surface area (Å²) in [6.45, 7) is 10.2. The second-order valence-corrected chi connectivity index (χ2v) is 9.14. The highest BCUT2D eigenvalue weighted by molar-refractivity contribution is 6.07. The molecule has 0 aliphatic carbocycles. The zero-order valence-electron chi connectivity index (χ0n) is 20.6. The van der Waals surface area contributed by atoms with Crippen LogP contribution >= 0.6 is 0 Å². The number of Topliss-reactive ketones (excluding diaryl/α,β-unsaturated/α-hetero) is 1. The van der Waals surface area contributed by atoms with Crippen LogP contribution in [0, 0.1) is 0 Å². The Bertz CT molecular complexity index is 1370. The number of methoxy groups -OCH3 is 1. The van der Waals surface area contributed by atoms with E-state index in [2.05, 4.69) is 58.6 Å². The molecule has 0 amide bonds. The quantitative estimate of drug-likeness (QED) is 0.393. The number of aromatic nitrogens is 4. The van der Waals surface area contributed by atoms with Gasteiger partial charge in [-0.3, -0.25) is 9.20 Å². The highest BCUT2D eigenvalue weighted by Gasteiger charge is 2.23. The predicted molar refractivity (Wildman–Crippen MR) is 138 cm³/mol. The van der Waals surface area contributed by atoms with Crippen molar-refractivity contribution >= 4 is 33.8 Å². The largest absolute Gasteiger partial charge is 0.495 e. The van der Waals surface area contributed by atoms with Gasteiger partial charge in [-0.25, -0.2) is 15.0 Å². The van der Waals surface area contributed by atoms with Gasteiger partial charge in [0.25, 0.3) is 0 Å². The summed E-state index contributed by atoms with van der Waals surface area (Å²) in [5.74, 6) is 1.21. The Hall–Kier alpha value is -3.72. The van der Waals surface area contributed by atoms with E-state index in [0.717, 1.165) is 37.6 Å².